The molecule has 1 unspecified atom stereocenters. The zero-order valence-corrected chi connectivity index (χ0v) is 17.4. The van der Waals surface area contributed by atoms with Gasteiger partial charge in [-0.2, -0.15) is 0 Å². The van der Waals surface area contributed by atoms with Crippen LogP contribution >= 0.6 is 24.0 Å². The Balaban J connectivity index is 2.25. The van der Waals surface area contributed by atoms with Gasteiger partial charge in [-0.3, -0.25) is 4.79 Å². The van der Waals surface area contributed by atoms with Crippen molar-refractivity contribution in [1.29, 1.82) is 0 Å². The van der Waals surface area contributed by atoms with Gasteiger partial charge < -0.3 is 10.2 Å². The lowest BCUT2D eigenvalue weighted by Gasteiger charge is -2.24. The number of anilines is 1. The largest absolute Gasteiger partial charge is 0.358 e. The summed E-state index contributed by atoms with van der Waals surface area (Å²) >= 11 is 7.02. The van der Waals surface area contributed by atoms with Crippen molar-refractivity contribution >= 4 is 39.9 Å². The normalized spacial score (nSPS) is 11.7. The molecular weight excluding hydrogens is 360 g/mol. The van der Waals surface area contributed by atoms with E-state index in [0.29, 0.717) is 0 Å². The van der Waals surface area contributed by atoms with Gasteiger partial charge in [0.05, 0.1) is 0 Å². The van der Waals surface area contributed by atoms with E-state index in [-0.39, 0.29) is 11.2 Å². The molecule has 0 bridgehead atoms. The first-order chi connectivity index (χ1) is 12.4. The molecule has 0 heterocycles. The van der Waals surface area contributed by atoms with Crippen LogP contribution in [-0.4, -0.2) is 28.2 Å². The molecule has 1 amide bonds. The fourth-order valence-corrected chi connectivity index (χ4v) is 4.43. The summed E-state index contributed by atoms with van der Waals surface area (Å²) in [5, 5.41) is 2.68. The number of nitrogens with zero attached hydrogens (tertiary/aromatic N) is 1. The first-order valence-electron chi connectivity index (χ1n) is 8.84. The van der Waals surface area contributed by atoms with E-state index in [2.05, 4.69) is 30.1 Å². The van der Waals surface area contributed by atoms with Crippen molar-refractivity contribution in [3.05, 3.63) is 65.2 Å². The standard InChI is InChI=1S/C21H26N2OS2/c1-5-23(6-2)21(25)26-19(17-10-8-7-9-11-17)20(24)22-18-13-15(3)12-16(4)14-18/h7-14,19H,5-6H2,1-4H3,(H,22,24). The van der Waals surface area contributed by atoms with Gasteiger partial charge in [0.15, 0.2) is 0 Å². The molecule has 0 aliphatic heterocycles. The summed E-state index contributed by atoms with van der Waals surface area (Å²) in [6, 6.07) is 15.9. The van der Waals surface area contributed by atoms with Crippen molar-refractivity contribution in [2.24, 2.45) is 0 Å². The van der Waals surface area contributed by atoms with Crippen LogP contribution in [0.1, 0.15) is 35.8 Å². The number of carbonyl (C=O) groups excluding carboxylic acids is 1. The summed E-state index contributed by atoms with van der Waals surface area (Å²) in [7, 11) is 0. The van der Waals surface area contributed by atoms with Crippen LogP contribution in [-0.2, 0) is 4.79 Å². The van der Waals surface area contributed by atoms with E-state index in [1.165, 1.54) is 11.8 Å². The fraction of sp³-hybridized carbons (Fsp3) is 0.333. The lowest BCUT2D eigenvalue weighted by molar-refractivity contribution is -0.115. The monoisotopic (exact) mass is 386 g/mol. The summed E-state index contributed by atoms with van der Waals surface area (Å²) in [6.45, 7) is 9.88. The number of hydrogen-bond acceptors (Lipinski definition) is 3. The number of benzene rings is 2. The summed E-state index contributed by atoms with van der Waals surface area (Å²) in [5.74, 6) is -0.0549. The molecule has 2 rings (SSSR count). The zero-order valence-electron chi connectivity index (χ0n) is 15.8. The summed E-state index contributed by atoms with van der Waals surface area (Å²) in [5.41, 5.74) is 4.03. The number of rotatable bonds is 6. The maximum Gasteiger partial charge on any atom is 0.242 e. The third-order valence-corrected chi connectivity index (χ3v) is 5.80. The molecule has 1 N–H and O–H groups in total. The second kappa shape index (κ2) is 9.74. The lowest BCUT2D eigenvalue weighted by atomic mass is 10.1. The van der Waals surface area contributed by atoms with E-state index in [0.717, 1.165) is 39.8 Å². The van der Waals surface area contributed by atoms with Crippen molar-refractivity contribution in [3.8, 4) is 0 Å². The Bertz CT molecular complexity index is 738. The molecule has 138 valence electrons. The van der Waals surface area contributed by atoms with Crippen LogP contribution in [0.15, 0.2) is 48.5 Å². The third-order valence-electron chi connectivity index (χ3n) is 4.07. The molecule has 0 spiro atoms. The SMILES string of the molecule is CCN(CC)C(=S)SC(C(=O)Nc1cc(C)cc(C)c1)c1ccccc1. The highest BCUT2D eigenvalue weighted by molar-refractivity contribution is 8.23. The summed E-state index contributed by atoms with van der Waals surface area (Å²) in [4.78, 5) is 15.2. The van der Waals surface area contributed by atoms with Crippen LogP contribution < -0.4 is 5.32 Å². The van der Waals surface area contributed by atoms with Gasteiger partial charge in [-0.05, 0) is 56.5 Å². The Morgan fingerprint density at radius 1 is 1.08 bits per heavy atom. The van der Waals surface area contributed by atoms with Crippen molar-refractivity contribution in [3.63, 3.8) is 0 Å². The molecular formula is C21H26N2OS2. The molecule has 0 aromatic heterocycles. The minimum atomic E-state index is -0.384. The van der Waals surface area contributed by atoms with Crippen molar-refractivity contribution in [2.75, 3.05) is 18.4 Å². The maximum atomic E-state index is 13.1. The number of hydrogen-bond donors (Lipinski definition) is 1. The Morgan fingerprint density at radius 3 is 2.19 bits per heavy atom. The molecule has 0 saturated heterocycles. The molecule has 0 fully saturated rings. The van der Waals surface area contributed by atoms with Crippen LogP contribution in [0.5, 0.6) is 0 Å². The molecule has 3 nitrogen and oxygen atoms in total. The number of aryl methyl sites for hydroxylation is 2. The second-order valence-electron chi connectivity index (χ2n) is 6.21. The number of thioether (sulfide) groups is 1. The fourth-order valence-electron chi connectivity index (χ4n) is 2.81. The average molecular weight is 387 g/mol. The Kier molecular flexibility index (Phi) is 7.66. The predicted octanol–water partition coefficient (Wildman–Crippen LogP) is 5.34. The Hall–Kier alpha value is -1.85. The number of thiocarbonyl (C=S) groups is 1. The van der Waals surface area contributed by atoms with Crippen molar-refractivity contribution in [1.82, 2.24) is 4.90 Å². The van der Waals surface area contributed by atoms with Gasteiger partial charge in [0.2, 0.25) is 5.91 Å². The first kappa shape index (κ1) is 20.5. The molecule has 0 radical (unpaired) electrons. The summed E-state index contributed by atoms with van der Waals surface area (Å²) in [6.07, 6.45) is 0. The van der Waals surface area contributed by atoms with Crippen molar-refractivity contribution < 1.29 is 4.79 Å². The summed E-state index contributed by atoms with van der Waals surface area (Å²) < 4.78 is 0.749. The Labute approximate surface area is 166 Å². The molecule has 1 atom stereocenters. The smallest absolute Gasteiger partial charge is 0.242 e. The number of amides is 1. The van der Waals surface area contributed by atoms with Crippen LogP contribution in [0.4, 0.5) is 5.69 Å². The highest BCUT2D eigenvalue weighted by Crippen LogP contribution is 2.32. The van der Waals surface area contributed by atoms with Gasteiger partial charge in [0, 0.05) is 18.8 Å². The highest BCUT2D eigenvalue weighted by Gasteiger charge is 2.24. The topological polar surface area (TPSA) is 32.3 Å². The molecule has 5 heteroatoms. The quantitative estimate of drug-likeness (QED) is 0.679. The lowest BCUT2D eigenvalue weighted by Crippen LogP contribution is -2.29. The molecule has 0 aliphatic carbocycles. The van der Waals surface area contributed by atoms with Gasteiger partial charge in [0.1, 0.15) is 9.57 Å². The van der Waals surface area contributed by atoms with Gasteiger partial charge in [-0.15, -0.1) is 0 Å². The number of nitrogens with one attached hydrogen (secondary N) is 1. The van der Waals surface area contributed by atoms with Crippen LogP contribution in [0.2, 0.25) is 0 Å². The van der Waals surface area contributed by atoms with E-state index in [1.807, 2.05) is 56.3 Å². The first-order valence-corrected chi connectivity index (χ1v) is 10.1. The van der Waals surface area contributed by atoms with Gasteiger partial charge in [0.25, 0.3) is 0 Å². The molecule has 2 aromatic rings. The van der Waals surface area contributed by atoms with Crippen LogP contribution in [0.25, 0.3) is 0 Å². The van der Waals surface area contributed by atoms with E-state index in [4.69, 9.17) is 12.2 Å². The maximum absolute atomic E-state index is 13.1. The minimum Gasteiger partial charge on any atom is -0.358 e. The van der Waals surface area contributed by atoms with Crippen LogP contribution in [0, 0.1) is 13.8 Å². The van der Waals surface area contributed by atoms with Crippen molar-refractivity contribution in [2.45, 2.75) is 32.9 Å². The van der Waals surface area contributed by atoms with Crippen LogP contribution in [0.3, 0.4) is 0 Å². The third kappa shape index (κ3) is 5.58. The van der Waals surface area contributed by atoms with E-state index < -0.39 is 0 Å². The number of carbonyl (C=O) groups is 1. The van der Waals surface area contributed by atoms with E-state index >= 15 is 0 Å². The van der Waals surface area contributed by atoms with Gasteiger partial charge in [-0.1, -0.05) is 60.4 Å². The van der Waals surface area contributed by atoms with Gasteiger partial charge in [-0.25, -0.2) is 0 Å². The molecule has 26 heavy (non-hydrogen) atoms. The molecule has 0 aliphatic rings. The van der Waals surface area contributed by atoms with E-state index in [1.54, 1.807) is 0 Å². The highest BCUT2D eigenvalue weighted by atomic mass is 32.2. The molecule has 0 saturated carbocycles. The Morgan fingerprint density at radius 2 is 1.65 bits per heavy atom. The molecule has 2 aromatic carbocycles. The van der Waals surface area contributed by atoms with E-state index in [9.17, 15) is 4.79 Å². The van der Waals surface area contributed by atoms with Gasteiger partial charge >= 0.3 is 0 Å². The zero-order chi connectivity index (χ0) is 19.1. The minimum absolute atomic E-state index is 0.0549. The second-order valence-corrected chi connectivity index (χ2v) is 7.95. The predicted molar refractivity (Wildman–Crippen MR) is 117 cm³/mol. The average Bonchev–Trinajstić information content (AvgIpc) is 2.60.